The summed E-state index contributed by atoms with van der Waals surface area (Å²) in [6.07, 6.45) is 2.51. The van der Waals surface area contributed by atoms with Crippen molar-refractivity contribution in [2.24, 2.45) is 5.92 Å². The van der Waals surface area contributed by atoms with Gasteiger partial charge in [-0.2, -0.15) is 0 Å². The van der Waals surface area contributed by atoms with Gasteiger partial charge in [-0.1, -0.05) is 19.9 Å². The van der Waals surface area contributed by atoms with Crippen molar-refractivity contribution < 1.29 is 10.2 Å². The molecule has 1 heterocycles. The monoisotopic (exact) mass is 278 g/mol. The van der Waals surface area contributed by atoms with Crippen LogP contribution in [0.5, 0.6) is 11.5 Å². The Balaban J connectivity index is 1.99. The maximum Gasteiger partial charge on any atom is 0.157 e. The van der Waals surface area contributed by atoms with Gasteiger partial charge in [0.05, 0.1) is 0 Å². The first-order valence-electron chi connectivity index (χ1n) is 7.51. The van der Waals surface area contributed by atoms with E-state index in [0.717, 1.165) is 31.7 Å². The van der Waals surface area contributed by atoms with Gasteiger partial charge in [0.25, 0.3) is 0 Å². The summed E-state index contributed by atoms with van der Waals surface area (Å²) in [6.45, 7) is 8.47. The van der Waals surface area contributed by atoms with Crippen LogP contribution in [0.15, 0.2) is 18.2 Å². The minimum Gasteiger partial charge on any atom is -0.504 e. The van der Waals surface area contributed by atoms with Crippen molar-refractivity contribution in [3.63, 3.8) is 0 Å². The van der Waals surface area contributed by atoms with Crippen LogP contribution < -0.4 is 5.32 Å². The Labute approximate surface area is 121 Å². The van der Waals surface area contributed by atoms with Crippen molar-refractivity contribution in [2.75, 3.05) is 19.6 Å². The molecule has 3 N–H and O–H groups in total. The molecule has 1 aromatic rings. The molecule has 4 heteroatoms. The molecule has 0 aromatic heterocycles. The van der Waals surface area contributed by atoms with Gasteiger partial charge in [-0.15, -0.1) is 0 Å². The van der Waals surface area contributed by atoms with E-state index in [-0.39, 0.29) is 11.5 Å². The van der Waals surface area contributed by atoms with Crippen LogP contribution in [0.3, 0.4) is 0 Å². The molecule has 1 atom stereocenters. The number of phenols is 2. The van der Waals surface area contributed by atoms with Crippen LogP contribution in [0.2, 0.25) is 0 Å². The fourth-order valence-electron chi connectivity index (χ4n) is 2.87. The number of nitrogens with one attached hydrogen (secondary N) is 1. The quantitative estimate of drug-likeness (QED) is 0.699. The van der Waals surface area contributed by atoms with Gasteiger partial charge in [0.2, 0.25) is 0 Å². The molecule has 4 nitrogen and oxygen atoms in total. The van der Waals surface area contributed by atoms with Gasteiger partial charge < -0.3 is 15.5 Å². The number of hydrogen-bond acceptors (Lipinski definition) is 4. The van der Waals surface area contributed by atoms with Crippen molar-refractivity contribution in [1.82, 2.24) is 10.2 Å². The molecule has 112 valence electrons. The standard InChI is InChI=1S/C16H26N2O2/c1-12(2)9-18(11-14-4-3-7-17-14)10-13-5-6-15(19)16(20)8-13/h5-6,8,12,14,17,19-20H,3-4,7,9-11H2,1-2H3. The lowest BCUT2D eigenvalue weighted by Crippen LogP contribution is -2.38. The molecular formula is C16H26N2O2. The van der Waals surface area contributed by atoms with Gasteiger partial charge in [-0.3, -0.25) is 4.90 Å². The molecular weight excluding hydrogens is 252 g/mol. The molecule has 1 aliphatic heterocycles. The summed E-state index contributed by atoms with van der Waals surface area (Å²) in [5, 5.41) is 22.5. The number of benzene rings is 1. The Morgan fingerprint density at radius 1 is 1.30 bits per heavy atom. The average molecular weight is 278 g/mol. The second kappa shape index (κ2) is 6.95. The molecule has 0 aliphatic carbocycles. The van der Waals surface area contributed by atoms with Crippen LogP contribution in [-0.4, -0.2) is 40.8 Å². The van der Waals surface area contributed by atoms with E-state index in [1.165, 1.54) is 12.8 Å². The number of phenolic OH excluding ortho intramolecular Hbond substituents is 2. The Bertz CT molecular complexity index is 428. The van der Waals surface area contributed by atoms with E-state index in [9.17, 15) is 10.2 Å². The minimum absolute atomic E-state index is 0.0361. The molecule has 1 aliphatic rings. The highest BCUT2D eigenvalue weighted by molar-refractivity contribution is 5.40. The lowest BCUT2D eigenvalue weighted by Gasteiger charge is -2.27. The van der Waals surface area contributed by atoms with E-state index in [2.05, 4.69) is 24.1 Å². The predicted molar refractivity (Wildman–Crippen MR) is 80.9 cm³/mol. The molecule has 20 heavy (non-hydrogen) atoms. The summed E-state index contributed by atoms with van der Waals surface area (Å²) in [5.41, 5.74) is 1.04. The lowest BCUT2D eigenvalue weighted by atomic mass is 10.1. The second-order valence-electron chi connectivity index (χ2n) is 6.20. The maximum absolute atomic E-state index is 9.60. The summed E-state index contributed by atoms with van der Waals surface area (Å²) < 4.78 is 0. The highest BCUT2D eigenvalue weighted by atomic mass is 16.3. The Hall–Kier alpha value is -1.26. The zero-order valence-corrected chi connectivity index (χ0v) is 12.5. The number of aromatic hydroxyl groups is 2. The summed E-state index contributed by atoms with van der Waals surface area (Å²) >= 11 is 0. The van der Waals surface area contributed by atoms with Gasteiger partial charge in [-0.05, 0) is 43.0 Å². The summed E-state index contributed by atoms with van der Waals surface area (Å²) in [7, 11) is 0. The molecule has 0 spiro atoms. The fourth-order valence-corrected chi connectivity index (χ4v) is 2.87. The summed E-state index contributed by atoms with van der Waals surface area (Å²) in [6, 6.07) is 5.68. The molecule has 1 aromatic carbocycles. The molecule has 0 amide bonds. The number of rotatable bonds is 6. The van der Waals surface area contributed by atoms with Gasteiger partial charge >= 0.3 is 0 Å². The molecule has 0 radical (unpaired) electrons. The van der Waals surface area contributed by atoms with Gasteiger partial charge in [0.1, 0.15) is 0 Å². The van der Waals surface area contributed by atoms with Crippen LogP contribution in [0.25, 0.3) is 0 Å². The summed E-state index contributed by atoms with van der Waals surface area (Å²) in [4.78, 5) is 2.43. The maximum atomic E-state index is 9.60. The van der Waals surface area contributed by atoms with Crippen molar-refractivity contribution in [3.8, 4) is 11.5 Å². The van der Waals surface area contributed by atoms with E-state index in [1.54, 1.807) is 12.1 Å². The van der Waals surface area contributed by atoms with Crippen LogP contribution in [0, 0.1) is 5.92 Å². The predicted octanol–water partition coefficient (Wildman–Crippen LogP) is 2.31. The second-order valence-corrected chi connectivity index (χ2v) is 6.20. The third-order valence-corrected chi connectivity index (χ3v) is 3.71. The number of nitrogens with zero attached hydrogens (tertiary/aromatic N) is 1. The van der Waals surface area contributed by atoms with Gasteiger partial charge in [0.15, 0.2) is 11.5 Å². The van der Waals surface area contributed by atoms with E-state index in [4.69, 9.17) is 0 Å². The minimum atomic E-state index is -0.0541. The first-order valence-corrected chi connectivity index (χ1v) is 7.51. The zero-order valence-electron chi connectivity index (χ0n) is 12.5. The van der Waals surface area contributed by atoms with Crippen molar-refractivity contribution in [2.45, 2.75) is 39.3 Å². The highest BCUT2D eigenvalue weighted by Gasteiger charge is 2.19. The molecule has 1 saturated heterocycles. The van der Waals surface area contributed by atoms with E-state index < -0.39 is 0 Å². The Morgan fingerprint density at radius 3 is 2.70 bits per heavy atom. The topological polar surface area (TPSA) is 55.7 Å². The molecule has 1 unspecified atom stereocenters. The Morgan fingerprint density at radius 2 is 2.10 bits per heavy atom. The third kappa shape index (κ3) is 4.39. The smallest absolute Gasteiger partial charge is 0.157 e. The third-order valence-electron chi connectivity index (χ3n) is 3.71. The lowest BCUT2D eigenvalue weighted by molar-refractivity contribution is 0.216. The first kappa shape index (κ1) is 15.1. The summed E-state index contributed by atoms with van der Waals surface area (Å²) in [5.74, 6) is 0.523. The van der Waals surface area contributed by atoms with Crippen molar-refractivity contribution in [3.05, 3.63) is 23.8 Å². The normalized spacial score (nSPS) is 19.1. The SMILES string of the molecule is CC(C)CN(Cc1ccc(O)c(O)c1)CC1CCCN1. The van der Waals surface area contributed by atoms with Crippen LogP contribution in [0.4, 0.5) is 0 Å². The van der Waals surface area contributed by atoms with E-state index in [0.29, 0.717) is 12.0 Å². The van der Waals surface area contributed by atoms with Crippen molar-refractivity contribution in [1.29, 1.82) is 0 Å². The van der Waals surface area contributed by atoms with Crippen molar-refractivity contribution >= 4 is 0 Å². The first-order chi connectivity index (χ1) is 9.54. The van der Waals surface area contributed by atoms with E-state index in [1.807, 2.05) is 6.07 Å². The highest BCUT2D eigenvalue weighted by Crippen LogP contribution is 2.25. The fraction of sp³-hybridized carbons (Fsp3) is 0.625. The van der Waals surface area contributed by atoms with Crippen LogP contribution >= 0.6 is 0 Å². The average Bonchev–Trinajstić information content (AvgIpc) is 2.86. The Kier molecular flexibility index (Phi) is 5.26. The van der Waals surface area contributed by atoms with Gasteiger partial charge in [-0.25, -0.2) is 0 Å². The molecule has 1 fully saturated rings. The zero-order chi connectivity index (χ0) is 14.5. The van der Waals surface area contributed by atoms with Crippen LogP contribution in [0.1, 0.15) is 32.3 Å². The van der Waals surface area contributed by atoms with E-state index >= 15 is 0 Å². The molecule has 2 rings (SSSR count). The molecule has 0 bridgehead atoms. The largest absolute Gasteiger partial charge is 0.504 e. The van der Waals surface area contributed by atoms with Gasteiger partial charge in [0, 0.05) is 25.7 Å². The molecule has 0 saturated carbocycles. The number of hydrogen-bond donors (Lipinski definition) is 3. The van der Waals surface area contributed by atoms with Crippen LogP contribution in [-0.2, 0) is 6.54 Å².